The average molecular weight is 406 g/mol. The van der Waals surface area contributed by atoms with Crippen molar-refractivity contribution in [3.05, 3.63) is 53.6 Å². The Morgan fingerprint density at radius 1 is 1.00 bits per heavy atom. The molecule has 1 unspecified atom stereocenters. The van der Waals surface area contributed by atoms with Crippen LogP contribution in [0.3, 0.4) is 0 Å². The van der Waals surface area contributed by atoms with Crippen molar-refractivity contribution in [3.8, 4) is 11.5 Å². The number of methoxy groups -OCH3 is 1. The maximum absolute atomic E-state index is 10.4. The molecule has 0 radical (unpaired) electrons. The van der Waals surface area contributed by atoms with E-state index >= 15 is 0 Å². The molecule has 0 aromatic heterocycles. The number of benzene rings is 2. The molecule has 6 heteroatoms. The lowest BCUT2D eigenvalue weighted by Gasteiger charge is -2.36. The summed E-state index contributed by atoms with van der Waals surface area (Å²) in [6.45, 7) is 8.82. The molecule has 154 valence electrons. The summed E-state index contributed by atoms with van der Waals surface area (Å²) in [6.07, 6.45) is -0.488. The Morgan fingerprint density at radius 3 is 2.32 bits per heavy atom. The Kier molecular flexibility index (Phi) is 8.42. The van der Waals surface area contributed by atoms with E-state index < -0.39 is 6.10 Å². The number of β-amino-alcohol motifs (C(OH)–C–C–N with tert-alkyl or cyclic N) is 1. The van der Waals surface area contributed by atoms with Crippen molar-refractivity contribution in [1.29, 1.82) is 0 Å². The lowest BCUT2D eigenvalue weighted by Crippen LogP contribution is -3.00. The first-order valence-corrected chi connectivity index (χ1v) is 9.54. The molecule has 2 aromatic rings. The predicted octanol–water partition coefficient (Wildman–Crippen LogP) is -0.122. The molecule has 1 aliphatic rings. The quantitative estimate of drug-likeness (QED) is 0.695. The van der Waals surface area contributed by atoms with E-state index in [1.807, 2.05) is 32.0 Å². The third-order valence-corrected chi connectivity index (χ3v) is 5.05. The van der Waals surface area contributed by atoms with Crippen LogP contribution in [0.4, 0.5) is 5.69 Å². The lowest BCUT2D eigenvalue weighted by atomic mass is 10.1. The first-order chi connectivity index (χ1) is 13.0. The number of aryl methyl sites for hydroxylation is 2. The molecule has 0 bridgehead atoms. The normalized spacial score (nSPS) is 15.6. The number of aliphatic hydroxyl groups excluding tert-OH is 1. The van der Waals surface area contributed by atoms with Crippen LogP contribution in [-0.4, -0.2) is 62.6 Å². The van der Waals surface area contributed by atoms with Crippen LogP contribution in [0.25, 0.3) is 0 Å². The van der Waals surface area contributed by atoms with Gasteiger partial charge in [-0.3, -0.25) is 4.90 Å². The summed E-state index contributed by atoms with van der Waals surface area (Å²) in [6, 6.07) is 14.3. The van der Waals surface area contributed by atoms with Gasteiger partial charge in [0.1, 0.15) is 24.2 Å². The number of piperazine rings is 1. The van der Waals surface area contributed by atoms with Crippen molar-refractivity contribution in [1.82, 2.24) is 4.90 Å². The van der Waals surface area contributed by atoms with E-state index in [-0.39, 0.29) is 12.4 Å². The third kappa shape index (κ3) is 6.03. The highest BCUT2D eigenvalue weighted by atomic mass is 35.5. The number of hydrogen-bond donors (Lipinski definition) is 1. The SMILES string of the molecule is COc1ccc(N2CCN(CC(O)COc3cc(C)ccc3C)CC2)cc1.[Cl-]. The first kappa shape index (κ1) is 22.3. The molecule has 1 atom stereocenters. The molecule has 1 aliphatic heterocycles. The van der Waals surface area contributed by atoms with Gasteiger partial charge in [-0.25, -0.2) is 0 Å². The van der Waals surface area contributed by atoms with E-state index in [1.165, 1.54) is 11.3 Å². The monoisotopic (exact) mass is 405 g/mol. The molecule has 0 spiro atoms. The summed E-state index contributed by atoms with van der Waals surface area (Å²) >= 11 is 0. The lowest BCUT2D eigenvalue weighted by molar-refractivity contribution is -0.00000823. The van der Waals surface area contributed by atoms with E-state index in [9.17, 15) is 5.11 Å². The number of nitrogens with zero attached hydrogens (tertiary/aromatic N) is 2. The van der Waals surface area contributed by atoms with Gasteiger partial charge in [-0.05, 0) is 55.3 Å². The van der Waals surface area contributed by atoms with Gasteiger partial charge in [-0.2, -0.15) is 0 Å². The fourth-order valence-corrected chi connectivity index (χ4v) is 3.38. The van der Waals surface area contributed by atoms with Crippen LogP contribution >= 0.6 is 0 Å². The Morgan fingerprint density at radius 2 is 1.68 bits per heavy atom. The van der Waals surface area contributed by atoms with E-state index in [1.54, 1.807) is 7.11 Å². The Bertz CT molecular complexity index is 731. The minimum atomic E-state index is -0.488. The smallest absolute Gasteiger partial charge is 0.122 e. The minimum Gasteiger partial charge on any atom is -1.00 e. The van der Waals surface area contributed by atoms with Gasteiger partial charge in [0.2, 0.25) is 0 Å². The number of anilines is 1. The fourth-order valence-electron chi connectivity index (χ4n) is 3.38. The van der Waals surface area contributed by atoms with Gasteiger partial charge in [-0.15, -0.1) is 0 Å². The molecular weight excluding hydrogens is 376 g/mol. The van der Waals surface area contributed by atoms with Crippen LogP contribution < -0.4 is 26.8 Å². The van der Waals surface area contributed by atoms with E-state index in [4.69, 9.17) is 9.47 Å². The second-order valence-electron chi connectivity index (χ2n) is 7.22. The number of aliphatic hydroxyl groups is 1. The molecule has 1 heterocycles. The van der Waals surface area contributed by atoms with Gasteiger partial charge in [0.25, 0.3) is 0 Å². The number of ether oxygens (including phenoxy) is 2. The van der Waals surface area contributed by atoms with E-state index in [0.717, 1.165) is 43.2 Å². The van der Waals surface area contributed by atoms with Crippen molar-refractivity contribution in [2.75, 3.05) is 51.3 Å². The zero-order valence-corrected chi connectivity index (χ0v) is 17.7. The van der Waals surface area contributed by atoms with Crippen molar-refractivity contribution >= 4 is 5.69 Å². The number of rotatable bonds is 7. The van der Waals surface area contributed by atoms with Crippen molar-refractivity contribution in [2.45, 2.75) is 20.0 Å². The summed E-state index contributed by atoms with van der Waals surface area (Å²) in [7, 11) is 1.68. The molecule has 1 saturated heterocycles. The topological polar surface area (TPSA) is 45.2 Å². The molecule has 2 aromatic carbocycles. The van der Waals surface area contributed by atoms with Gasteiger partial charge < -0.3 is 31.9 Å². The molecule has 5 nitrogen and oxygen atoms in total. The largest absolute Gasteiger partial charge is 1.00 e. The highest BCUT2D eigenvalue weighted by Crippen LogP contribution is 2.21. The summed E-state index contributed by atoms with van der Waals surface area (Å²) in [5.74, 6) is 1.74. The first-order valence-electron chi connectivity index (χ1n) is 9.54. The van der Waals surface area contributed by atoms with Gasteiger partial charge >= 0.3 is 0 Å². The molecule has 0 saturated carbocycles. The van der Waals surface area contributed by atoms with Gasteiger partial charge in [0.05, 0.1) is 7.11 Å². The summed E-state index contributed by atoms with van der Waals surface area (Å²) < 4.78 is 11.1. The molecule has 1 fully saturated rings. The van der Waals surface area contributed by atoms with Crippen LogP contribution in [0.1, 0.15) is 11.1 Å². The van der Waals surface area contributed by atoms with Crippen molar-refractivity contribution < 1.29 is 27.0 Å². The summed E-state index contributed by atoms with van der Waals surface area (Å²) in [4.78, 5) is 4.67. The van der Waals surface area contributed by atoms with Crippen LogP contribution in [0.2, 0.25) is 0 Å². The third-order valence-electron chi connectivity index (χ3n) is 5.05. The Labute approximate surface area is 174 Å². The average Bonchev–Trinajstić information content (AvgIpc) is 2.69. The maximum atomic E-state index is 10.4. The van der Waals surface area contributed by atoms with Crippen LogP contribution in [-0.2, 0) is 0 Å². The number of halogens is 1. The maximum Gasteiger partial charge on any atom is 0.122 e. The minimum absolute atomic E-state index is 0. The summed E-state index contributed by atoms with van der Waals surface area (Å²) in [5.41, 5.74) is 3.48. The Balaban J connectivity index is 0.00000280. The molecule has 3 rings (SSSR count). The van der Waals surface area contributed by atoms with Gasteiger partial charge in [0, 0.05) is 38.4 Å². The predicted molar refractivity (Wildman–Crippen MR) is 109 cm³/mol. The second kappa shape index (κ2) is 10.6. The molecule has 1 N–H and O–H groups in total. The van der Waals surface area contributed by atoms with Gasteiger partial charge in [0.15, 0.2) is 0 Å². The summed E-state index contributed by atoms with van der Waals surface area (Å²) in [5, 5.41) is 10.4. The molecular formula is C22H30ClN2O3-. The highest BCUT2D eigenvalue weighted by molar-refractivity contribution is 5.49. The van der Waals surface area contributed by atoms with Crippen LogP contribution in [0.5, 0.6) is 11.5 Å². The van der Waals surface area contributed by atoms with Gasteiger partial charge in [-0.1, -0.05) is 12.1 Å². The Hall–Kier alpha value is -1.95. The number of hydrogen-bond acceptors (Lipinski definition) is 5. The molecule has 0 aliphatic carbocycles. The molecule has 28 heavy (non-hydrogen) atoms. The zero-order chi connectivity index (χ0) is 19.2. The standard InChI is InChI=1S/C22H30N2O3.ClH/c1-17-4-5-18(2)22(14-17)27-16-20(25)15-23-10-12-24(13-11-23)19-6-8-21(26-3)9-7-19;/h4-9,14,20,25H,10-13,15-16H2,1-3H3;1H/p-1. The van der Waals surface area contributed by atoms with E-state index in [0.29, 0.717) is 13.2 Å². The second-order valence-corrected chi connectivity index (χ2v) is 7.22. The van der Waals surface area contributed by atoms with Crippen LogP contribution in [0, 0.1) is 13.8 Å². The van der Waals surface area contributed by atoms with Crippen molar-refractivity contribution in [2.24, 2.45) is 0 Å². The fraction of sp³-hybridized carbons (Fsp3) is 0.455. The molecule has 0 amide bonds. The highest BCUT2D eigenvalue weighted by Gasteiger charge is 2.20. The van der Waals surface area contributed by atoms with Crippen molar-refractivity contribution in [3.63, 3.8) is 0 Å². The van der Waals surface area contributed by atoms with E-state index in [2.05, 4.69) is 34.1 Å². The van der Waals surface area contributed by atoms with Crippen LogP contribution in [0.15, 0.2) is 42.5 Å². The zero-order valence-electron chi connectivity index (χ0n) is 16.9.